The third-order valence-electron chi connectivity index (χ3n) is 4.17. The highest BCUT2D eigenvalue weighted by Gasteiger charge is 2.16. The number of aromatic nitrogens is 3. The number of H-pyrrole nitrogens is 1. The van der Waals surface area contributed by atoms with E-state index in [2.05, 4.69) is 21.0 Å². The minimum absolute atomic E-state index is 0.0180. The Morgan fingerprint density at radius 1 is 1.00 bits per heavy atom. The Kier molecular flexibility index (Phi) is 4.73. The minimum atomic E-state index is -0.628. The summed E-state index contributed by atoms with van der Waals surface area (Å²) in [6.45, 7) is 0.563. The van der Waals surface area contributed by atoms with Crippen LogP contribution in [0.2, 0.25) is 0 Å². The van der Waals surface area contributed by atoms with Crippen molar-refractivity contribution in [2.45, 2.75) is 6.54 Å². The number of nitrogens with zero attached hydrogens (tertiary/aromatic N) is 2. The van der Waals surface area contributed by atoms with Gasteiger partial charge in [-0.3, -0.25) is 25.2 Å². The van der Waals surface area contributed by atoms with Gasteiger partial charge < -0.3 is 4.57 Å². The summed E-state index contributed by atoms with van der Waals surface area (Å²) in [7, 11) is 0. The van der Waals surface area contributed by atoms with E-state index in [-0.39, 0.29) is 11.3 Å². The normalized spacial score (nSPS) is 10.7. The van der Waals surface area contributed by atoms with Gasteiger partial charge in [0.25, 0.3) is 17.4 Å². The number of hydrogen-bond donors (Lipinski definition) is 3. The second kappa shape index (κ2) is 7.49. The van der Waals surface area contributed by atoms with Gasteiger partial charge in [0.15, 0.2) is 5.69 Å². The van der Waals surface area contributed by atoms with Gasteiger partial charge in [-0.25, -0.2) is 5.10 Å². The highest BCUT2D eigenvalue weighted by atomic mass is 32.1. The van der Waals surface area contributed by atoms with Crippen molar-refractivity contribution in [3.05, 3.63) is 86.7 Å². The molecule has 9 heteroatoms. The van der Waals surface area contributed by atoms with Gasteiger partial charge >= 0.3 is 0 Å². The van der Waals surface area contributed by atoms with E-state index in [0.29, 0.717) is 23.0 Å². The highest BCUT2D eigenvalue weighted by molar-refractivity contribution is 7.09. The van der Waals surface area contributed by atoms with E-state index in [1.165, 1.54) is 0 Å². The number of hydrazine groups is 1. The van der Waals surface area contributed by atoms with Crippen molar-refractivity contribution in [2.75, 3.05) is 0 Å². The maximum atomic E-state index is 12.5. The average Bonchev–Trinajstić information content (AvgIpc) is 3.39. The van der Waals surface area contributed by atoms with Crippen LogP contribution in [0.1, 0.15) is 25.9 Å². The summed E-state index contributed by atoms with van der Waals surface area (Å²) >= 11 is 1.60. The average molecular weight is 393 g/mol. The summed E-state index contributed by atoms with van der Waals surface area (Å²) in [5.74, 6) is -1.08. The van der Waals surface area contributed by atoms with Crippen LogP contribution in [0, 0.1) is 0 Å². The van der Waals surface area contributed by atoms with Crippen molar-refractivity contribution in [1.82, 2.24) is 25.6 Å². The van der Waals surface area contributed by atoms with Crippen LogP contribution >= 0.6 is 11.3 Å². The first-order valence-corrected chi connectivity index (χ1v) is 9.27. The van der Waals surface area contributed by atoms with Gasteiger partial charge in [-0.05, 0) is 29.6 Å². The molecule has 4 aromatic rings. The summed E-state index contributed by atoms with van der Waals surface area (Å²) in [5.41, 5.74) is 4.79. The van der Waals surface area contributed by atoms with Crippen LogP contribution in [0.5, 0.6) is 0 Å². The van der Waals surface area contributed by atoms with Crippen molar-refractivity contribution >= 4 is 33.9 Å². The molecule has 28 heavy (non-hydrogen) atoms. The highest BCUT2D eigenvalue weighted by Crippen LogP contribution is 2.14. The van der Waals surface area contributed by atoms with Gasteiger partial charge in [-0.1, -0.05) is 24.3 Å². The van der Waals surface area contributed by atoms with E-state index in [1.807, 2.05) is 17.5 Å². The Balaban J connectivity index is 1.49. The summed E-state index contributed by atoms with van der Waals surface area (Å²) in [5, 5.41) is 8.82. The number of fused-ring (bicyclic) bond motifs is 1. The first kappa shape index (κ1) is 17.7. The molecule has 0 aliphatic carbocycles. The van der Waals surface area contributed by atoms with Crippen molar-refractivity contribution in [2.24, 2.45) is 0 Å². The lowest BCUT2D eigenvalue weighted by molar-refractivity contribution is 0.0839. The molecule has 0 fully saturated rings. The number of benzene rings is 1. The second-order valence-corrected chi connectivity index (χ2v) is 6.99. The fourth-order valence-corrected chi connectivity index (χ4v) is 3.56. The standard InChI is InChI=1S/C19H15N5O3S/c25-17-14-7-2-1-6-13(14)16(20-21-17)19(27)23-22-18(26)15-8-3-9-24(15)11-12-5-4-10-28-12/h1-10H,11H2,(H,21,25)(H,22,26)(H,23,27). The van der Waals surface area contributed by atoms with E-state index in [4.69, 9.17) is 0 Å². The number of amides is 2. The van der Waals surface area contributed by atoms with Crippen LogP contribution in [0.4, 0.5) is 0 Å². The third-order valence-corrected chi connectivity index (χ3v) is 5.03. The fourth-order valence-electron chi connectivity index (χ4n) is 2.85. The summed E-state index contributed by atoms with van der Waals surface area (Å²) in [4.78, 5) is 37.9. The topological polar surface area (TPSA) is 109 Å². The van der Waals surface area contributed by atoms with Crippen LogP contribution in [0.3, 0.4) is 0 Å². The van der Waals surface area contributed by atoms with Crippen molar-refractivity contribution in [3.63, 3.8) is 0 Å². The molecule has 8 nitrogen and oxygen atoms in total. The van der Waals surface area contributed by atoms with E-state index < -0.39 is 11.8 Å². The van der Waals surface area contributed by atoms with E-state index in [9.17, 15) is 14.4 Å². The van der Waals surface area contributed by atoms with Crippen LogP contribution in [-0.2, 0) is 6.54 Å². The molecule has 0 saturated heterocycles. The van der Waals surface area contributed by atoms with Crippen LogP contribution in [-0.4, -0.2) is 26.6 Å². The zero-order valence-electron chi connectivity index (χ0n) is 14.5. The molecule has 0 saturated carbocycles. The second-order valence-electron chi connectivity index (χ2n) is 5.96. The maximum Gasteiger partial charge on any atom is 0.290 e. The molecule has 1 aromatic carbocycles. The lowest BCUT2D eigenvalue weighted by atomic mass is 10.1. The third kappa shape index (κ3) is 3.42. The van der Waals surface area contributed by atoms with Gasteiger partial charge in [0.1, 0.15) is 5.69 Å². The van der Waals surface area contributed by atoms with Crippen molar-refractivity contribution < 1.29 is 9.59 Å². The van der Waals surface area contributed by atoms with Crippen LogP contribution in [0.25, 0.3) is 10.8 Å². The molecule has 0 radical (unpaired) electrons. The molecule has 3 heterocycles. The van der Waals surface area contributed by atoms with Gasteiger partial charge in [0.2, 0.25) is 0 Å². The number of hydrogen-bond acceptors (Lipinski definition) is 5. The zero-order chi connectivity index (χ0) is 19.5. The lowest BCUT2D eigenvalue weighted by Gasteiger charge is -2.10. The largest absolute Gasteiger partial charge is 0.338 e. The van der Waals surface area contributed by atoms with Crippen molar-refractivity contribution in [1.29, 1.82) is 0 Å². The van der Waals surface area contributed by atoms with Crippen LogP contribution in [0.15, 0.2) is 64.9 Å². The Hall–Kier alpha value is -3.72. The SMILES string of the molecule is O=C(NNC(=O)c1cccn1Cc1cccs1)c1n[nH]c(=O)c2ccccc12. The molecule has 4 rings (SSSR count). The molecule has 140 valence electrons. The van der Waals surface area contributed by atoms with Gasteiger partial charge in [-0.2, -0.15) is 5.10 Å². The quantitative estimate of drug-likeness (QED) is 0.460. The number of nitrogens with one attached hydrogen (secondary N) is 3. The summed E-state index contributed by atoms with van der Waals surface area (Å²) < 4.78 is 1.79. The number of thiophene rings is 1. The number of aromatic amines is 1. The zero-order valence-corrected chi connectivity index (χ0v) is 15.3. The van der Waals surface area contributed by atoms with Crippen LogP contribution < -0.4 is 16.4 Å². The molecular weight excluding hydrogens is 378 g/mol. The molecule has 0 aliphatic rings. The molecule has 0 atom stereocenters. The van der Waals surface area contributed by atoms with Crippen molar-refractivity contribution in [3.8, 4) is 0 Å². The molecule has 0 bridgehead atoms. The van der Waals surface area contributed by atoms with E-state index >= 15 is 0 Å². The predicted molar refractivity (Wildman–Crippen MR) is 105 cm³/mol. The molecule has 2 amide bonds. The van der Waals surface area contributed by atoms with Gasteiger partial charge in [0, 0.05) is 16.5 Å². The molecule has 0 spiro atoms. The minimum Gasteiger partial charge on any atom is -0.338 e. The molecule has 0 unspecified atom stereocenters. The number of rotatable bonds is 4. The molecule has 0 aliphatic heterocycles. The smallest absolute Gasteiger partial charge is 0.290 e. The molecule has 3 aromatic heterocycles. The number of carbonyl (C=O) groups is 2. The summed E-state index contributed by atoms with van der Waals surface area (Å²) in [6, 6.07) is 14.0. The monoisotopic (exact) mass is 393 g/mol. The molecular formula is C19H15N5O3S. The lowest BCUT2D eigenvalue weighted by Crippen LogP contribution is -2.43. The Morgan fingerprint density at radius 3 is 2.57 bits per heavy atom. The first-order chi connectivity index (χ1) is 13.6. The maximum absolute atomic E-state index is 12.5. The Morgan fingerprint density at radius 2 is 1.79 bits per heavy atom. The Bertz CT molecular complexity index is 1210. The number of carbonyl (C=O) groups excluding carboxylic acids is 2. The Labute approximate surface area is 162 Å². The predicted octanol–water partition coefficient (Wildman–Crippen LogP) is 1.91. The fraction of sp³-hybridized carbons (Fsp3) is 0.0526. The molecule has 3 N–H and O–H groups in total. The summed E-state index contributed by atoms with van der Waals surface area (Å²) in [6.07, 6.45) is 1.80. The van der Waals surface area contributed by atoms with E-state index in [1.54, 1.807) is 58.5 Å². The first-order valence-electron chi connectivity index (χ1n) is 8.39. The van der Waals surface area contributed by atoms with E-state index in [0.717, 1.165) is 4.88 Å². The van der Waals surface area contributed by atoms with Gasteiger partial charge in [-0.15, -0.1) is 11.3 Å². The van der Waals surface area contributed by atoms with Gasteiger partial charge in [0.05, 0.1) is 11.9 Å².